The largest absolute Gasteiger partial charge is 0.466 e. The van der Waals surface area contributed by atoms with Gasteiger partial charge in [0.1, 0.15) is 0 Å². The lowest BCUT2D eigenvalue weighted by Gasteiger charge is -2.31. The number of esters is 1. The van der Waals surface area contributed by atoms with E-state index in [1.54, 1.807) is 36.9 Å². The summed E-state index contributed by atoms with van der Waals surface area (Å²) in [5.74, 6) is -0.523. The molecular weight excluding hydrogens is 344 g/mol. The molecule has 1 aliphatic rings. The molecule has 0 radical (unpaired) electrons. The summed E-state index contributed by atoms with van der Waals surface area (Å²) >= 11 is 0. The number of nitrogens with zero attached hydrogens (tertiary/aromatic N) is 1. The Balaban J connectivity index is 2.09. The first-order valence-corrected chi connectivity index (χ1v) is 10.2. The van der Waals surface area contributed by atoms with Crippen LogP contribution in [0, 0.1) is 12.8 Å². The topological polar surface area (TPSA) is 92.8 Å². The van der Waals surface area contributed by atoms with Gasteiger partial charge in [-0.1, -0.05) is 6.07 Å². The molecule has 0 aromatic heterocycles. The fraction of sp³-hybridized carbons (Fsp3) is 0.529. The molecule has 0 spiro atoms. The average Bonchev–Trinajstić information content (AvgIpc) is 2.55. The number of piperidine rings is 1. The van der Waals surface area contributed by atoms with E-state index in [0.29, 0.717) is 49.4 Å². The highest BCUT2D eigenvalue weighted by Crippen LogP contribution is 2.24. The van der Waals surface area contributed by atoms with Gasteiger partial charge in [-0.15, -0.1) is 0 Å². The third-order valence-corrected chi connectivity index (χ3v) is 4.85. The van der Waals surface area contributed by atoms with Crippen molar-refractivity contribution in [3.05, 3.63) is 29.3 Å². The molecule has 1 aliphatic heterocycles. The summed E-state index contributed by atoms with van der Waals surface area (Å²) in [6, 6.07) is 4.96. The number of carbonyl (C=O) groups is 2. The van der Waals surface area contributed by atoms with Crippen LogP contribution in [-0.2, 0) is 19.6 Å². The number of nitrogens with one attached hydrogen (secondary N) is 1. The van der Waals surface area contributed by atoms with Gasteiger partial charge in [0.05, 0.1) is 24.5 Å². The van der Waals surface area contributed by atoms with Crippen LogP contribution in [0.25, 0.3) is 0 Å². The SMILES string of the molecule is CCOC(=O)C1CCN(C(=O)c2cccc(NS(C)(=O)=O)c2C)CC1. The summed E-state index contributed by atoms with van der Waals surface area (Å²) in [5.41, 5.74) is 1.45. The van der Waals surface area contributed by atoms with Crippen LogP contribution in [-0.4, -0.2) is 51.1 Å². The zero-order valence-electron chi connectivity index (χ0n) is 14.7. The molecule has 7 nitrogen and oxygen atoms in total. The Morgan fingerprint density at radius 3 is 2.48 bits per heavy atom. The molecule has 1 aromatic carbocycles. The lowest BCUT2D eigenvalue weighted by molar-refractivity contribution is -0.149. The Kier molecular flexibility index (Phi) is 6.05. The van der Waals surface area contributed by atoms with Crippen LogP contribution in [0.4, 0.5) is 5.69 Å². The number of rotatable bonds is 5. The molecule has 138 valence electrons. The van der Waals surface area contributed by atoms with E-state index >= 15 is 0 Å². The van der Waals surface area contributed by atoms with Gasteiger partial charge in [-0.05, 0) is 44.4 Å². The van der Waals surface area contributed by atoms with Crippen molar-refractivity contribution in [2.24, 2.45) is 5.92 Å². The van der Waals surface area contributed by atoms with Gasteiger partial charge >= 0.3 is 5.97 Å². The molecule has 1 amide bonds. The van der Waals surface area contributed by atoms with E-state index in [4.69, 9.17) is 4.74 Å². The monoisotopic (exact) mass is 368 g/mol. The predicted molar refractivity (Wildman–Crippen MR) is 94.9 cm³/mol. The first-order chi connectivity index (χ1) is 11.7. The predicted octanol–water partition coefficient (Wildman–Crippen LogP) is 1.78. The number of hydrogen-bond acceptors (Lipinski definition) is 5. The molecule has 2 rings (SSSR count). The Hall–Kier alpha value is -2.09. The molecule has 8 heteroatoms. The van der Waals surface area contributed by atoms with E-state index in [1.807, 2.05) is 0 Å². The molecule has 25 heavy (non-hydrogen) atoms. The van der Waals surface area contributed by atoms with Crippen LogP contribution in [0.3, 0.4) is 0 Å². The van der Waals surface area contributed by atoms with Gasteiger partial charge in [0.25, 0.3) is 5.91 Å². The maximum absolute atomic E-state index is 12.8. The van der Waals surface area contributed by atoms with E-state index in [9.17, 15) is 18.0 Å². The number of likely N-dealkylation sites (tertiary alicyclic amines) is 1. The summed E-state index contributed by atoms with van der Waals surface area (Å²) < 4.78 is 30.3. The molecule has 1 heterocycles. The van der Waals surface area contributed by atoms with Crippen molar-refractivity contribution in [2.45, 2.75) is 26.7 Å². The van der Waals surface area contributed by atoms with Crippen LogP contribution in [0.5, 0.6) is 0 Å². The van der Waals surface area contributed by atoms with Crippen molar-refractivity contribution in [1.82, 2.24) is 4.90 Å². The second-order valence-electron chi connectivity index (χ2n) is 6.17. The molecule has 0 unspecified atom stereocenters. The van der Waals surface area contributed by atoms with Crippen LogP contribution < -0.4 is 4.72 Å². The van der Waals surface area contributed by atoms with E-state index in [0.717, 1.165) is 6.26 Å². The van der Waals surface area contributed by atoms with Crippen LogP contribution in [0.2, 0.25) is 0 Å². The molecule has 1 saturated heterocycles. The molecule has 0 atom stereocenters. The van der Waals surface area contributed by atoms with Gasteiger partial charge in [0, 0.05) is 18.7 Å². The van der Waals surface area contributed by atoms with Crippen molar-refractivity contribution in [1.29, 1.82) is 0 Å². The summed E-state index contributed by atoms with van der Waals surface area (Å²) in [4.78, 5) is 26.3. The minimum Gasteiger partial charge on any atom is -0.466 e. The van der Waals surface area contributed by atoms with Gasteiger partial charge < -0.3 is 9.64 Å². The normalized spacial score (nSPS) is 15.7. The molecule has 0 saturated carbocycles. The Labute approximate surface area is 148 Å². The molecule has 0 bridgehead atoms. The van der Waals surface area contributed by atoms with E-state index in [-0.39, 0.29) is 17.8 Å². The third-order valence-electron chi connectivity index (χ3n) is 4.26. The minimum atomic E-state index is -3.42. The zero-order chi connectivity index (χ0) is 18.6. The summed E-state index contributed by atoms with van der Waals surface area (Å²) in [5, 5.41) is 0. The maximum atomic E-state index is 12.8. The van der Waals surface area contributed by atoms with Gasteiger partial charge in [-0.2, -0.15) is 0 Å². The number of sulfonamides is 1. The van der Waals surface area contributed by atoms with E-state index < -0.39 is 10.0 Å². The number of amides is 1. The number of hydrogen-bond donors (Lipinski definition) is 1. The quantitative estimate of drug-likeness (QED) is 0.800. The van der Waals surface area contributed by atoms with Crippen LogP contribution in [0.15, 0.2) is 18.2 Å². The molecule has 1 aromatic rings. The van der Waals surface area contributed by atoms with Crippen molar-refractivity contribution < 1.29 is 22.7 Å². The minimum absolute atomic E-state index is 0.156. The van der Waals surface area contributed by atoms with Gasteiger partial charge in [-0.3, -0.25) is 14.3 Å². The summed E-state index contributed by atoms with van der Waals surface area (Å²) in [6.07, 6.45) is 2.22. The Morgan fingerprint density at radius 1 is 1.28 bits per heavy atom. The summed E-state index contributed by atoms with van der Waals surface area (Å²) in [6.45, 7) is 4.80. The Morgan fingerprint density at radius 2 is 1.92 bits per heavy atom. The molecular formula is C17H24N2O5S. The lowest BCUT2D eigenvalue weighted by Crippen LogP contribution is -2.41. The second kappa shape index (κ2) is 7.86. The fourth-order valence-corrected chi connectivity index (χ4v) is 3.55. The maximum Gasteiger partial charge on any atom is 0.309 e. The second-order valence-corrected chi connectivity index (χ2v) is 7.92. The number of benzene rings is 1. The number of ether oxygens (including phenoxy) is 1. The molecule has 0 aliphatic carbocycles. The van der Waals surface area contributed by atoms with Gasteiger partial charge in [0.15, 0.2) is 0 Å². The zero-order valence-corrected chi connectivity index (χ0v) is 15.6. The standard InChI is InChI=1S/C17H24N2O5S/c1-4-24-17(21)13-8-10-19(11-9-13)16(20)14-6-5-7-15(12(14)2)18-25(3,22)23/h5-7,13,18H,4,8-11H2,1-3H3. The van der Waals surface area contributed by atoms with Crippen LogP contribution >= 0.6 is 0 Å². The molecule has 1 N–H and O–H groups in total. The van der Waals surface area contributed by atoms with E-state index in [1.165, 1.54) is 0 Å². The smallest absolute Gasteiger partial charge is 0.309 e. The van der Waals surface area contributed by atoms with Crippen molar-refractivity contribution >= 4 is 27.6 Å². The number of anilines is 1. The number of carbonyl (C=O) groups excluding carboxylic acids is 2. The van der Waals surface area contributed by atoms with Gasteiger partial charge in [0.2, 0.25) is 10.0 Å². The summed E-state index contributed by atoms with van der Waals surface area (Å²) in [7, 11) is -3.42. The fourth-order valence-electron chi connectivity index (χ4n) is 2.93. The van der Waals surface area contributed by atoms with Crippen molar-refractivity contribution in [3.63, 3.8) is 0 Å². The highest BCUT2D eigenvalue weighted by atomic mass is 32.2. The highest BCUT2D eigenvalue weighted by Gasteiger charge is 2.29. The average molecular weight is 368 g/mol. The van der Waals surface area contributed by atoms with Crippen LogP contribution in [0.1, 0.15) is 35.7 Å². The van der Waals surface area contributed by atoms with E-state index in [2.05, 4.69) is 4.72 Å². The lowest BCUT2D eigenvalue weighted by atomic mass is 9.96. The first kappa shape index (κ1) is 19.2. The van der Waals surface area contributed by atoms with Crippen molar-refractivity contribution in [3.8, 4) is 0 Å². The first-order valence-electron chi connectivity index (χ1n) is 8.26. The Bertz CT molecular complexity index is 752. The van der Waals surface area contributed by atoms with Crippen molar-refractivity contribution in [2.75, 3.05) is 30.7 Å². The third kappa shape index (κ3) is 4.94. The highest BCUT2D eigenvalue weighted by molar-refractivity contribution is 7.92. The molecule has 1 fully saturated rings. The van der Waals surface area contributed by atoms with Gasteiger partial charge in [-0.25, -0.2) is 8.42 Å².